The highest BCUT2D eigenvalue weighted by atomic mass is 16.3. The molecule has 2 nitrogen and oxygen atoms in total. The van der Waals surface area contributed by atoms with Gasteiger partial charge in [-0.25, -0.2) is 0 Å². The van der Waals surface area contributed by atoms with Gasteiger partial charge in [0.2, 0.25) is 0 Å². The molecule has 0 aromatic heterocycles. The molecule has 0 bridgehead atoms. The van der Waals surface area contributed by atoms with Crippen LogP contribution in [-0.2, 0) is 0 Å². The molecule has 2 heteroatoms. The number of nitrogens with zero attached hydrogens (tertiary/aromatic N) is 1. The first-order chi connectivity index (χ1) is 6.54. The summed E-state index contributed by atoms with van der Waals surface area (Å²) in [6.45, 7) is 11.0. The van der Waals surface area contributed by atoms with Crippen LogP contribution in [0, 0.1) is 11.8 Å². The maximum Gasteiger partial charge on any atom is 0.0664 e. The zero-order valence-electron chi connectivity index (χ0n) is 10.0. The molecule has 1 fully saturated rings. The van der Waals surface area contributed by atoms with Gasteiger partial charge in [0.1, 0.15) is 0 Å². The Balaban J connectivity index is 2.49. The van der Waals surface area contributed by atoms with Gasteiger partial charge in [0.05, 0.1) is 6.10 Å². The zero-order chi connectivity index (χ0) is 10.7. The van der Waals surface area contributed by atoms with Gasteiger partial charge in [-0.2, -0.15) is 0 Å². The molecule has 0 amide bonds. The van der Waals surface area contributed by atoms with Crippen molar-refractivity contribution in [3.05, 3.63) is 0 Å². The predicted octanol–water partition coefficient (Wildman–Crippen LogP) is 2.12. The molecular weight excluding hydrogens is 174 g/mol. The zero-order valence-corrected chi connectivity index (χ0v) is 10.0. The van der Waals surface area contributed by atoms with Crippen LogP contribution in [0.1, 0.15) is 40.5 Å². The summed E-state index contributed by atoms with van der Waals surface area (Å²) in [7, 11) is 0. The Hall–Kier alpha value is -0.0800. The van der Waals surface area contributed by atoms with E-state index in [2.05, 4.69) is 25.7 Å². The van der Waals surface area contributed by atoms with Gasteiger partial charge < -0.3 is 5.11 Å². The van der Waals surface area contributed by atoms with Crippen molar-refractivity contribution in [1.29, 1.82) is 0 Å². The quantitative estimate of drug-likeness (QED) is 0.752. The third kappa shape index (κ3) is 2.96. The topological polar surface area (TPSA) is 23.5 Å². The summed E-state index contributed by atoms with van der Waals surface area (Å²) in [5.41, 5.74) is 0. The Morgan fingerprint density at radius 3 is 2.57 bits per heavy atom. The number of aliphatic hydroxyl groups is 1. The van der Waals surface area contributed by atoms with E-state index < -0.39 is 0 Å². The van der Waals surface area contributed by atoms with E-state index in [1.54, 1.807) is 0 Å². The molecule has 4 unspecified atom stereocenters. The number of β-amino-alcohol motifs (C(OH)–C–C–N with tert-alkyl or cyclic N) is 1. The number of hydrogen-bond acceptors (Lipinski definition) is 2. The van der Waals surface area contributed by atoms with E-state index in [-0.39, 0.29) is 6.10 Å². The summed E-state index contributed by atoms with van der Waals surface area (Å²) in [4.78, 5) is 2.45. The van der Waals surface area contributed by atoms with Gasteiger partial charge in [0.15, 0.2) is 0 Å². The highest BCUT2D eigenvalue weighted by molar-refractivity contribution is 4.82. The minimum Gasteiger partial charge on any atom is -0.392 e. The Morgan fingerprint density at radius 1 is 1.36 bits per heavy atom. The van der Waals surface area contributed by atoms with E-state index in [1.165, 1.54) is 6.42 Å². The second kappa shape index (κ2) is 5.13. The number of aliphatic hydroxyl groups excluding tert-OH is 1. The molecule has 1 heterocycles. The molecule has 1 aliphatic rings. The minimum atomic E-state index is -0.144. The van der Waals surface area contributed by atoms with Crippen molar-refractivity contribution < 1.29 is 5.11 Å². The molecule has 0 saturated carbocycles. The van der Waals surface area contributed by atoms with Crippen LogP contribution in [0.25, 0.3) is 0 Å². The normalized spacial score (nSPS) is 37.1. The predicted molar refractivity (Wildman–Crippen MR) is 60.3 cm³/mol. The molecule has 1 N–H and O–H groups in total. The maximum absolute atomic E-state index is 9.66. The smallest absolute Gasteiger partial charge is 0.0664 e. The van der Waals surface area contributed by atoms with E-state index in [0.29, 0.717) is 6.04 Å². The van der Waals surface area contributed by atoms with E-state index in [1.807, 2.05) is 6.92 Å². The SMILES string of the molecule is CCC(O)CN1CC(C)CC(C)C1C. The second-order valence-electron chi connectivity index (χ2n) is 5.07. The van der Waals surface area contributed by atoms with Crippen molar-refractivity contribution in [2.24, 2.45) is 11.8 Å². The average Bonchev–Trinajstić information content (AvgIpc) is 2.13. The van der Waals surface area contributed by atoms with Crippen LogP contribution >= 0.6 is 0 Å². The Labute approximate surface area is 88.3 Å². The maximum atomic E-state index is 9.66. The first-order valence-corrected chi connectivity index (χ1v) is 5.96. The van der Waals surface area contributed by atoms with Gasteiger partial charge in [-0.3, -0.25) is 4.90 Å². The van der Waals surface area contributed by atoms with Gasteiger partial charge in [-0.05, 0) is 31.6 Å². The fraction of sp³-hybridized carbons (Fsp3) is 1.00. The van der Waals surface area contributed by atoms with Crippen molar-refractivity contribution in [3.8, 4) is 0 Å². The first-order valence-electron chi connectivity index (χ1n) is 5.96. The Morgan fingerprint density at radius 2 is 2.00 bits per heavy atom. The summed E-state index contributed by atoms with van der Waals surface area (Å²) < 4.78 is 0. The molecule has 1 saturated heterocycles. The van der Waals surface area contributed by atoms with E-state index in [9.17, 15) is 5.11 Å². The number of rotatable bonds is 3. The fourth-order valence-electron chi connectivity index (χ4n) is 2.47. The Bertz CT molecular complexity index is 172. The summed E-state index contributed by atoms with van der Waals surface area (Å²) in [5, 5.41) is 9.66. The van der Waals surface area contributed by atoms with Crippen molar-refractivity contribution in [3.63, 3.8) is 0 Å². The second-order valence-corrected chi connectivity index (χ2v) is 5.07. The van der Waals surface area contributed by atoms with Crippen molar-refractivity contribution in [2.75, 3.05) is 13.1 Å². The lowest BCUT2D eigenvalue weighted by Crippen LogP contribution is -2.48. The lowest BCUT2D eigenvalue weighted by atomic mass is 9.86. The summed E-state index contributed by atoms with van der Waals surface area (Å²) in [6.07, 6.45) is 2.06. The standard InChI is InChI=1S/C12H25NO/c1-5-12(14)8-13-7-9(2)6-10(3)11(13)4/h9-12,14H,5-8H2,1-4H3. The third-order valence-corrected chi connectivity index (χ3v) is 3.64. The first kappa shape index (κ1) is 12.0. The molecular formula is C12H25NO. The van der Waals surface area contributed by atoms with Crippen molar-refractivity contribution >= 4 is 0 Å². The lowest BCUT2D eigenvalue weighted by molar-refractivity contribution is 0.0310. The molecule has 1 aliphatic heterocycles. The fourth-order valence-corrected chi connectivity index (χ4v) is 2.47. The summed E-state index contributed by atoms with van der Waals surface area (Å²) >= 11 is 0. The average molecular weight is 199 g/mol. The highest BCUT2D eigenvalue weighted by Gasteiger charge is 2.29. The molecule has 0 spiro atoms. The van der Waals surface area contributed by atoms with Gasteiger partial charge in [0.25, 0.3) is 0 Å². The molecule has 0 aliphatic carbocycles. The van der Waals surface area contributed by atoms with Crippen molar-refractivity contribution in [2.45, 2.75) is 52.7 Å². The van der Waals surface area contributed by atoms with E-state index >= 15 is 0 Å². The van der Waals surface area contributed by atoms with Crippen LogP contribution < -0.4 is 0 Å². The van der Waals surface area contributed by atoms with E-state index in [0.717, 1.165) is 31.3 Å². The summed E-state index contributed by atoms with van der Waals surface area (Å²) in [6, 6.07) is 0.632. The van der Waals surface area contributed by atoms with Crippen LogP contribution in [0.2, 0.25) is 0 Å². The highest BCUT2D eigenvalue weighted by Crippen LogP contribution is 2.26. The van der Waals surface area contributed by atoms with Gasteiger partial charge in [-0.1, -0.05) is 20.8 Å². The van der Waals surface area contributed by atoms with Crippen LogP contribution in [0.5, 0.6) is 0 Å². The molecule has 0 aromatic carbocycles. The number of likely N-dealkylation sites (tertiary alicyclic amines) is 1. The molecule has 1 rings (SSSR count). The monoisotopic (exact) mass is 199 g/mol. The number of piperidine rings is 1. The van der Waals surface area contributed by atoms with E-state index in [4.69, 9.17) is 0 Å². The van der Waals surface area contributed by atoms with Gasteiger partial charge in [0, 0.05) is 19.1 Å². The lowest BCUT2D eigenvalue weighted by Gasteiger charge is -2.41. The largest absolute Gasteiger partial charge is 0.392 e. The minimum absolute atomic E-state index is 0.144. The summed E-state index contributed by atoms with van der Waals surface area (Å²) in [5.74, 6) is 1.55. The molecule has 0 radical (unpaired) electrons. The molecule has 84 valence electrons. The van der Waals surface area contributed by atoms with Crippen molar-refractivity contribution in [1.82, 2.24) is 4.90 Å². The molecule has 0 aromatic rings. The van der Waals surface area contributed by atoms with Crippen LogP contribution in [0.3, 0.4) is 0 Å². The van der Waals surface area contributed by atoms with Crippen LogP contribution in [0.4, 0.5) is 0 Å². The molecule has 14 heavy (non-hydrogen) atoms. The third-order valence-electron chi connectivity index (χ3n) is 3.64. The van der Waals surface area contributed by atoms with Gasteiger partial charge >= 0.3 is 0 Å². The number of hydrogen-bond donors (Lipinski definition) is 1. The Kier molecular flexibility index (Phi) is 4.39. The van der Waals surface area contributed by atoms with Gasteiger partial charge in [-0.15, -0.1) is 0 Å². The molecule has 4 atom stereocenters. The van der Waals surface area contributed by atoms with Crippen LogP contribution in [0.15, 0.2) is 0 Å². The van der Waals surface area contributed by atoms with Crippen LogP contribution in [-0.4, -0.2) is 35.2 Å².